The van der Waals surface area contributed by atoms with Gasteiger partial charge in [0.25, 0.3) is 5.91 Å². The van der Waals surface area contributed by atoms with Crippen molar-refractivity contribution in [2.75, 3.05) is 10.6 Å². The van der Waals surface area contributed by atoms with Crippen molar-refractivity contribution >= 4 is 40.5 Å². The molecule has 0 spiro atoms. The van der Waals surface area contributed by atoms with Gasteiger partial charge in [-0.3, -0.25) is 9.78 Å². The van der Waals surface area contributed by atoms with E-state index in [-0.39, 0.29) is 11.5 Å². The molecule has 0 saturated heterocycles. The smallest absolute Gasteiger partial charge is 0.274 e. The van der Waals surface area contributed by atoms with Crippen molar-refractivity contribution in [1.29, 1.82) is 0 Å². The molecule has 0 saturated carbocycles. The standard InChI is InChI=1S/C19H14Cl2FN3O/c20-15-2-1-3-16(21)18(15)25-19(26)17-10-14(8-9-23-17)24-11-12-4-6-13(22)7-5-12/h1-10H,11H2,(H,23,24)(H,25,26). The molecule has 0 radical (unpaired) electrons. The minimum Gasteiger partial charge on any atom is -0.381 e. The van der Waals surface area contributed by atoms with Crippen molar-refractivity contribution in [2.45, 2.75) is 6.54 Å². The number of aromatic nitrogens is 1. The Balaban J connectivity index is 1.70. The molecule has 3 rings (SSSR count). The van der Waals surface area contributed by atoms with E-state index >= 15 is 0 Å². The molecule has 0 bridgehead atoms. The molecule has 0 unspecified atom stereocenters. The number of hydrogen-bond donors (Lipinski definition) is 2. The van der Waals surface area contributed by atoms with E-state index in [0.717, 1.165) is 5.56 Å². The molecular formula is C19H14Cl2FN3O. The lowest BCUT2D eigenvalue weighted by molar-refractivity contribution is 0.102. The number of benzene rings is 2. The zero-order valence-electron chi connectivity index (χ0n) is 13.5. The number of rotatable bonds is 5. The number of carbonyl (C=O) groups excluding carboxylic acids is 1. The van der Waals surface area contributed by atoms with Gasteiger partial charge in [-0.1, -0.05) is 41.4 Å². The summed E-state index contributed by atoms with van der Waals surface area (Å²) in [6.07, 6.45) is 1.52. The molecule has 4 nitrogen and oxygen atoms in total. The number of anilines is 2. The minimum absolute atomic E-state index is 0.213. The van der Waals surface area contributed by atoms with Gasteiger partial charge in [0, 0.05) is 18.4 Å². The number of pyridine rings is 1. The Bertz CT molecular complexity index is 912. The van der Waals surface area contributed by atoms with E-state index in [1.165, 1.54) is 18.3 Å². The summed E-state index contributed by atoms with van der Waals surface area (Å²) in [4.78, 5) is 16.5. The van der Waals surface area contributed by atoms with Crippen LogP contribution in [0.25, 0.3) is 0 Å². The molecule has 0 aliphatic rings. The molecule has 7 heteroatoms. The summed E-state index contributed by atoms with van der Waals surface area (Å²) in [5.41, 5.74) is 2.18. The minimum atomic E-state index is -0.426. The average molecular weight is 390 g/mol. The number of halogens is 3. The molecular weight excluding hydrogens is 376 g/mol. The lowest BCUT2D eigenvalue weighted by Crippen LogP contribution is -2.14. The third-order valence-electron chi connectivity index (χ3n) is 3.60. The third-order valence-corrected chi connectivity index (χ3v) is 4.23. The fourth-order valence-electron chi connectivity index (χ4n) is 2.27. The molecule has 0 atom stereocenters. The molecule has 3 aromatic rings. The molecule has 26 heavy (non-hydrogen) atoms. The SMILES string of the molecule is O=C(Nc1c(Cl)cccc1Cl)c1cc(NCc2ccc(F)cc2)ccn1. The largest absolute Gasteiger partial charge is 0.381 e. The predicted octanol–water partition coefficient (Wildman–Crippen LogP) is 5.39. The zero-order valence-corrected chi connectivity index (χ0v) is 15.0. The topological polar surface area (TPSA) is 54.0 Å². The van der Waals surface area contributed by atoms with Crippen molar-refractivity contribution in [3.63, 3.8) is 0 Å². The van der Waals surface area contributed by atoms with Crippen LogP contribution in [0.1, 0.15) is 16.1 Å². The Morgan fingerprint density at radius 3 is 2.42 bits per heavy atom. The van der Waals surface area contributed by atoms with Crippen molar-refractivity contribution in [1.82, 2.24) is 4.98 Å². The molecule has 0 fully saturated rings. The highest BCUT2D eigenvalue weighted by Crippen LogP contribution is 2.30. The monoisotopic (exact) mass is 389 g/mol. The van der Waals surface area contributed by atoms with Gasteiger partial charge < -0.3 is 10.6 Å². The van der Waals surface area contributed by atoms with Gasteiger partial charge in [-0.2, -0.15) is 0 Å². The van der Waals surface area contributed by atoms with E-state index in [0.29, 0.717) is 28.0 Å². The number of nitrogens with zero attached hydrogens (tertiary/aromatic N) is 1. The van der Waals surface area contributed by atoms with E-state index in [2.05, 4.69) is 15.6 Å². The number of carbonyl (C=O) groups is 1. The summed E-state index contributed by atoms with van der Waals surface area (Å²) in [5.74, 6) is -0.708. The van der Waals surface area contributed by atoms with Crippen LogP contribution in [0.3, 0.4) is 0 Å². The first-order chi connectivity index (χ1) is 12.5. The summed E-state index contributed by atoms with van der Waals surface area (Å²) in [6.45, 7) is 0.488. The fourth-order valence-corrected chi connectivity index (χ4v) is 2.76. The Morgan fingerprint density at radius 1 is 1.04 bits per heavy atom. The molecule has 1 aromatic heterocycles. The van der Waals surface area contributed by atoms with Crippen LogP contribution < -0.4 is 10.6 Å². The van der Waals surface area contributed by atoms with E-state index in [4.69, 9.17) is 23.2 Å². The van der Waals surface area contributed by atoms with Crippen molar-refractivity contribution in [3.8, 4) is 0 Å². The highest BCUT2D eigenvalue weighted by molar-refractivity contribution is 6.40. The number of para-hydroxylation sites is 1. The van der Waals surface area contributed by atoms with Gasteiger partial charge in [0.1, 0.15) is 11.5 Å². The van der Waals surface area contributed by atoms with Crippen molar-refractivity contribution in [3.05, 3.63) is 87.9 Å². The molecule has 2 aromatic carbocycles. The summed E-state index contributed by atoms with van der Waals surface area (Å²) in [6, 6.07) is 14.5. The van der Waals surface area contributed by atoms with Gasteiger partial charge in [0.15, 0.2) is 0 Å². The molecule has 1 heterocycles. The van der Waals surface area contributed by atoms with E-state index < -0.39 is 5.91 Å². The quantitative estimate of drug-likeness (QED) is 0.614. The number of amides is 1. The lowest BCUT2D eigenvalue weighted by Gasteiger charge is -2.10. The second-order valence-electron chi connectivity index (χ2n) is 5.46. The summed E-state index contributed by atoms with van der Waals surface area (Å²) in [7, 11) is 0. The van der Waals surface area contributed by atoms with Gasteiger partial charge in [-0.25, -0.2) is 4.39 Å². The van der Waals surface area contributed by atoms with Crippen LogP contribution in [0.2, 0.25) is 10.0 Å². The number of hydrogen-bond acceptors (Lipinski definition) is 3. The van der Waals surface area contributed by atoms with Crippen molar-refractivity contribution < 1.29 is 9.18 Å². The second-order valence-corrected chi connectivity index (χ2v) is 6.27. The van der Waals surface area contributed by atoms with E-state index in [1.54, 1.807) is 42.5 Å². The van der Waals surface area contributed by atoms with Crippen molar-refractivity contribution in [2.24, 2.45) is 0 Å². The summed E-state index contributed by atoms with van der Waals surface area (Å²) >= 11 is 12.1. The maximum absolute atomic E-state index is 12.9. The highest BCUT2D eigenvalue weighted by Gasteiger charge is 2.13. The van der Waals surface area contributed by atoms with E-state index in [9.17, 15) is 9.18 Å². The summed E-state index contributed by atoms with van der Waals surface area (Å²) in [5, 5.41) is 6.52. The van der Waals surface area contributed by atoms with Gasteiger partial charge in [-0.05, 0) is 42.0 Å². The van der Waals surface area contributed by atoms with Crippen LogP contribution in [0, 0.1) is 5.82 Å². The van der Waals surface area contributed by atoms with Crippen LogP contribution in [-0.4, -0.2) is 10.9 Å². The van der Waals surface area contributed by atoms with Crippen LogP contribution in [0.5, 0.6) is 0 Å². The Kier molecular flexibility index (Phi) is 5.71. The van der Waals surface area contributed by atoms with Gasteiger partial charge in [0.2, 0.25) is 0 Å². The van der Waals surface area contributed by atoms with Crippen LogP contribution in [0.4, 0.5) is 15.8 Å². The van der Waals surface area contributed by atoms with Gasteiger partial charge in [0.05, 0.1) is 15.7 Å². The van der Waals surface area contributed by atoms with Crippen LogP contribution >= 0.6 is 23.2 Å². The molecule has 0 aliphatic heterocycles. The lowest BCUT2D eigenvalue weighted by atomic mass is 10.2. The Morgan fingerprint density at radius 2 is 1.73 bits per heavy atom. The first-order valence-corrected chi connectivity index (χ1v) is 8.48. The first kappa shape index (κ1) is 18.2. The maximum atomic E-state index is 12.9. The van der Waals surface area contributed by atoms with Crippen LogP contribution in [0.15, 0.2) is 60.8 Å². The zero-order chi connectivity index (χ0) is 18.5. The fraction of sp³-hybridized carbons (Fsp3) is 0.0526. The first-order valence-electron chi connectivity index (χ1n) is 7.72. The molecule has 0 aliphatic carbocycles. The average Bonchev–Trinajstić information content (AvgIpc) is 2.64. The molecule has 2 N–H and O–H groups in total. The predicted molar refractivity (Wildman–Crippen MR) is 102 cm³/mol. The summed E-state index contributed by atoms with van der Waals surface area (Å²) < 4.78 is 12.9. The van der Waals surface area contributed by atoms with Crippen LogP contribution in [-0.2, 0) is 6.54 Å². The maximum Gasteiger partial charge on any atom is 0.274 e. The Labute approximate surface area is 160 Å². The second kappa shape index (κ2) is 8.17. The normalized spacial score (nSPS) is 10.4. The number of nitrogens with one attached hydrogen (secondary N) is 2. The van der Waals surface area contributed by atoms with Gasteiger partial charge in [-0.15, -0.1) is 0 Å². The van der Waals surface area contributed by atoms with Gasteiger partial charge >= 0.3 is 0 Å². The Hall–Kier alpha value is -2.63. The molecule has 132 valence electrons. The van der Waals surface area contributed by atoms with E-state index in [1.807, 2.05) is 0 Å². The molecule has 1 amide bonds. The third kappa shape index (κ3) is 4.50. The highest BCUT2D eigenvalue weighted by atomic mass is 35.5.